The maximum atomic E-state index is 11.9. The highest BCUT2D eigenvalue weighted by molar-refractivity contribution is 6.31. The molecule has 0 spiro atoms. The number of carbonyl (C=O) groups is 2. The van der Waals surface area contributed by atoms with E-state index in [4.69, 9.17) is 21.4 Å². The summed E-state index contributed by atoms with van der Waals surface area (Å²) >= 11 is 5.84. The van der Waals surface area contributed by atoms with Gasteiger partial charge in [0, 0.05) is 17.9 Å². The number of hydrogen-bond donors (Lipinski definition) is 1. The van der Waals surface area contributed by atoms with Crippen LogP contribution in [0.15, 0.2) is 18.2 Å². The molecule has 0 unspecified atom stereocenters. The second-order valence-corrected chi connectivity index (χ2v) is 4.31. The van der Waals surface area contributed by atoms with Gasteiger partial charge in [0.2, 0.25) is 0 Å². The van der Waals surface area contributed by atoms with Crippen molar-refractivity contribution in [3.8, 4) is 5.75 Å². The molecule has 0 saturated heterocycles. The Bertz CT molecular complexity index is 443. The summed E-state index contributed by atoms with van der Waals surface area (Å²) in [4.78, 5) is 22.3. The van der Waals surface area contributed by atoms with Gasteiger partial charge in [-0.15, -0.1) is 0 Å². The number of benzene rings is 1. The molecule has 1 rings (SSSR count). The second-order valence-electron chi connectivity index (χ2n) is 3.87. The van der Waals surface area contributed by atoms with E-state index in [2.05, 4.69) is 0 Å². The Balaban J connectivity index is 2.60. The first-order valence-corrected chi connectivity index (χ1v) is 6.01. The number of carboxylic acids is 1. The highest BCUT2D eigenvalue weighted by atomic mass is 35.5. The molecule has 0 amide bonds. The van der Waals surface area contributed by atoms with E-state index in [0.717, 1.165) is 0 Å². The number of Topliss-reactive ketones (excluding diaryl/α,β-unsaturated/α-hetero) is 1. The molecular formula is C13H15ClO4. The zero-order valence-electron chi connectivity index (χ0n) is 10.1. The molecule has 98 valence electrons. The summed E-state index contributed by atoms with van der Waals surface area (Å²) < 4.78 is 5.09. The second kappa shape index (κ2) is 7.01. The van der Waals surface area contributed by atoms with Gasteiger partial charge in [0.1, 0.15) is 5.75 Å². The largest absolute Gasteiger partial charge is 0.496 e. The molecular weight excluding hydrogens is 256 g/mol. The molecule has 0 aliphatic heterocycles. The van der Waals surface area contributed by atoms with Crippen molar-refractivity contribution >= 4 is 23.4 Å². The lowest BCUT2D eigenvalue weighted by Gasteiger charge is -2.07. The quantitative estimate of drug-likeness (QED) is 0.610. The van der Waals surface area contributed by atoms with E-state index in [-0.39, 0.29) is 12.2 Å². The van der Waals surface area contributed by atoms with Gasteiger partial charge in [0.05, 0.1) is 12.7 Å². The number of hydrogen-bond acceptors (Lipinski definition) is 3. The molecule has 5 heteroatoms. The molecule has 0 radical (unpaired) electrons. The molecule has 1 aromatic rings. The van der Waals surface area contributed by atoms with Crippen LogP contribution in [-0.4, -0.2) is 24.0 Å². The van der Waals surface area contributed by atoms with Crippen molar-refractivity contribution in [1.29, 1.82) is 0 Å². The van der Waals surface area contributed by atoms with E-state index >= 15 is 0 Å². The molecule has 0 saturated carbocycles. The maximum absolute atomic E-state index is 11.9. The van der Waals surface area contributed by atoms with Crippen molar-refractivity contribution in [1.82, 2.24) is 0 Å². The lowest BCUT2D eigenvalue weighted by molar-refractivity contribution is -0.137. The predicted octanol–water partition coefficient (Wildman–Crippen LogP) is 3.18. The first-order valence-electron chi connectivity index (χ1n) is 5.63. The number of aliphatic carboxylic acids is 1. The third-order valence-electron chi connectivity index (χ3n) is 2.51. The molecule has 1 N–H and O–H groups in total. The Hall–Kier alpha value is -1.55. The van der Waals surface area contributed by atoms with Gasteiger partial charge in [-0.05, 0) is 31.0 Å². The molecule has 0 aliphatic carbocycles. The monoisotopic (exact) mass is 270 g/mol. The topological polar surface area (TPSA) is 63.6 Å². The van der Waals surface area contributed by atoms with Crippen molar-refractivity contribution in [2.45, 2.75) is 25.7 Å². The number of carbonyl (C=O) groups excluding carboxylic acids is 1. The number of halogens is 1. The Morgan fingerprint density at radius 2 is 1.94 bits per heavy atom. The van der Waals surface area contributed by atoms with Crippen LogP contribution in [-0.2, 0) is 4.79 Å². The molecule has 0 fully saturated rings. The van der Waals surface area contributed by atoms with Gasteiger partial charge in [-0.25, -0.2) is 0 Å². The fourth-order valence-corrected chi connectivity index (χ4v) is 1.77. The highest BCUT2D eigenvalue weighted by Gasteiger charge is 2.12. The summed E-state index contributed by atoms with van der Waals surface area (Å²) in [5.74, 6) is -0.440. The van der Waals surface area contributed by atoms with E-state index < -0.39 is 5.97 Å². The summed E-state index contributed by atoms with van der Waals surface area (Å²) in [6, 6.07) is 4.87. The smallest absolute Gasteiger partial charge is 0.303 e. The Morgan fingerprint density at radius 3 is 2.56 bits per heavy atom. The lowest BCUT2D eigenvalue weighted by Crippen LogP contribution is -2.03. The average Bonchev–Trinajstić information content (AvgIpc) is 2.34. The van der Waals surface area contributed by atoms with Crippen LogP contribution in [0.4, 0.5) is 0 Å². The third-order valence-corrected chi connectivity index (χ3v) is 2.74. The van der Waals surface area contributed by atoms with Crippen LogP contribution < -0.4 is 4.74 Å². The van der Waals surface area contributed by atoms with Gasteiger partial charge in [0.15, 0.2) is 5.78 Å². The van der Waals surface area contributed by atoms with Crippen molar-refractivity contribution in [2.75, 3.05) is 7.11 Å². The SMILES string of the molecule is COc1ccc(Cl)cc1C(=O)CCCCC(=O)O. The standard InChI is InChI=1S/C13H15ClO4/c1-18-12-7-6-9(14)8-10(12)11(15)4-2-3-5-13(16)17/h6-8H,2-5H2,1H3,(H,16,17). The van der Waals surface area contributed by atoms with Crippen molar-refractivity contribution in [2.24, 2.45) is 0 Å². The van der Waals surface area contributed by atoms with Crippen molar-refractivity contribution in [3.63, 3.8) is 0 Å². The molecule has 1 aromatic carbocycles. The van der Waals surface area contributed by atoms with Crippen LogP contribution in [0.5, 0.6) is 5.75 Å². The zero-order valence-corrected chi connectivity index (χ0v) is 10.9. The van der Waals surface area contributed by atoms with Gasteiger partial charge in [-0.2, -0.15) is 0 Å². The summed E-state index contributed by atoms with van der Waals surface area (Å²) in [6.07, 6.45) is 1.41. The normalized spacial score (nSPS) is 10.1. The predicted molar refractivity (Wildman–Crippen MR) is 68.4 cm³/mol. The maximum Gasteiger partial charge on any atom is 0.303 e. The number of unbranched alkanes of at least 4 members (excludes halogenated alkanes) is 1. The van der Waals surface area contributed by atoms with Gasteiger partial charge in [-0.3, -0.25) is 9.59 Å². The van der Waals surface area contributed by atoms with E-state index in [0.29, 0.717) is 35.6 Å². The molecule has 18 heavy (non-hydrogen) atoms. The molecule has 0 atom stereocenters. The third kappa shape index (κ3) is 4.37. The minimum absolute atomic E-state index is 0.0833. The van der Waals surface area contributed by atoms with E-state index in [1.165, 1.54) is 7.11 Å². The first-order chi connectivity index (χ1) is 8.54. The van der Waals surface area contributed by atoms with E-state index in [1.807, 2.05) is 0 Å². The van der Waals surface area contributed by atoms with Crippen molar-refractivity contribution in [3.05, 3.63) is 28.8 Å². The molecule has 0 aromatic heterocycles. The fraction of sp³-hybridized carbons (Fsp3) is 0.385. The average molecular weight is 271 g/mol. The van der Waals surface area contributed by atoms with Crippen LogP contribution in [0.3, 0.4) is 0 Å². The number of rotatable bonds is 7. The number of ketones is 1. The highest BCUT2D eigenvalue weighted by Crippen LogP contribution is 2.24. The fourth-order valence-electron chi connectivity index (χ4n) is 1.59. The van der Waals surface area contributed by atoms with Crippen LogP contribution >= 0.6 is 11.6 Å². The Kier molecular flexibility index (Phi) is 5.65. The molecule has 0 heterocycles. The summed E-state index contributed by atoms with van der Waals surface area (Å²) in [7, 11) is 1.49. The van der Waals surface area contributed by atoms with E-state index in [9.17, 15) is 9.59 Å². The lowest BCUT2D eigenvalue weighted by atomic mass is 10.0. The number of methoxy groups -OCH3 is 1. The summed E-state index contributed by atoms with van der Waals surface area (Å²) in [6.45, 7) is 0. The van der Waals surface area contributed by atoms with Gasteiger partial charge in [-0.1, -0.05) is 11.6 Å². The number of carboxylic acid groups (broad SMARTS) is 1. The minimum Gasteiger partial charge on any atom is -0.496 e. The van der Waals surface area contributed by atoms with Crippen LogP contribution in [0.2, 0.25) is 5.02 Å². The summed E-state index contributed by atoms with van der Waals surface area (Å²) in [5.41, 5.74) is 0.445. The van der Waals surface area contributed by atoms with Crippen LogP contribution in [0.1, 0.15) is 36.0 Å². The molecule has 0 aliphatic rings. The van der Waals surface area contributed by atoms with Gasteiger partial charge in [0.25, 0.3) is 0 Å². The van der Waals surface area contributed by atoms with Crippen molar-refractivity contribution < 1.29 is 19.4 Å². The minimum atomic E-state index is -0.845. The number of ether oxygens (including phenoxy) is 1. The van der Waals surface area contributed by atoms with Gasteiger partial charge < -0.3 is 9.84 Å². The molecule has 4 nitrogen and oxygen atoms in total. The molecule has 0 bridgehead atoms. The van der Waals surface area contributed by atoms with Gasteiger partial charge >= 0.3 is 5.97 Å². The van der Waals surface area contributed by atoms with Crippen LogP contribution in [0.25, 0.3) is 0 Å². The summed E-state index contributed by atoms with van der Waals surface area (Å²) in [5, 5.41) is 8.97. The zero-order chi connectivity index (χ0) is 13.5. The Morgan fingerprint density at radius 1 is 1.28 bits per heavy atom. The van der Waals surface area contributed by atoms with Crippen LogP contribution in [0, 0.1) is 0 Å². The first kappa shape index (κ1) is 14.5. The van der Waals surface area contributed by atoms with E-state index in [1.54, 1.807) is 18.2 Å². The Labute approximate surface area is 111 Å².